The number of Topliss-reactive ketones (excluding diaryl/α,β-unsaturated/α-hetero) is 1. The first-order valence-corrected chi connectivity index (χ1v) is 5.69. The molecule has 6 heteroatoms. The lowest BCUT2D eigenvalue weighted by atomic mass is 10.1. The zero-order valence-electron chi connectivity index (χ0n) is 10.3. The molecule has 0 aromatic rings. The van der Waals surface area contributed by atoms with Crippen LogP contribution in [0, 0.1) is 0 Å². The number of nitrogens with one attached hydrogen (secondary N) is 1. The SMILES string of the molecule is CCOCC(=O)N[C@@H](CCC(=O)CC)C(N)=O. The summed E-state index contributed by atoms with van der Waals surface area (Å²) in [6, 6.07) is -0.807. The van der Waals surface area contributed by atoms with E-state index in [1.807, 2.05) is 0 Å². The van der Waals surface area contributed by atoms with E-state index in [4.69, 9.17) is 10.5 Å². The first-order chi connectivity index (χ1) is 8.01. The third-order valence-electron chi connectivity index (χ3n) is 2.22. The molecule has 0 radical (unpaired) electrons. The van der Waals surface area contributed by atoms with Gasteiger partial charge in [0.05, 0.1) is 0 Å². The van der Waals surface area contributed by atoms with E-state index in [0.29, 0.717) is 13.0 Å². The Morgan fingerprint density at radius 1 is 1.29 bits per heavy atom. The third-order valence-corrected chi connectivity index (χ3v) is 2.22. The number of carbonyl (C=O) groups excluding carboxylic acids is 3. The minimum atomic E-state index is -0.807. The largest absolute Gasteiger partial charge is 0.372 e. The molecule has 0 rings (SSSR count). The highest BCUT2D eigenvalue weighted by Crippen LogP contribution is 2.00. The molecular formula is C11H20N2O4. The lowest BCUT2D eigenvalue weighted by Crippen LogP contribution is -2.45. The van der Waals surface area contributed by atoms with Crippen LogP contribution in [-0.4, -0.2) is 36.9 Å². The molecule has 0 saturated heterocycles. The van der Waals surface area contributed by atoms with Gasteiger partial charge in [-0.1, -0.05) is 6.92 Å². The maximum absolute atomic E-state index is 11.3. The van der Waals surface area contributed by atoms with E-state index in [0.717, 1.165) is 0 Å². The van der Waals surface area contributed by atoms with Crippen molar-refractivity contribution in [2.75, 3.05) is 13.2 Å². The highest BCUT2D eigenvalue weighted by Gasteiger charge is 2.18. The predicted molar refractivity (Wildman–Crippen MR) is 62.2 cm³/mol. The monoisotopic (exact) mass is 244 g/mol. The van der Waals surface area contributed by atoms with Gasteiger partial charge in [0.15, 0.2) is 0 Å². The van der Waals surface area contributed by atoms with Crippen LogP contribution in [0.25, 0.3) is 0 Å². The van der Waals surface area contributed by atoms with Crippen molar-refractivity contribution in [2.45, 2.75) is 39.2 Å². The number of hydrogen-bond acceptors (Lipinski definition) is 4. The molecule has 98 valence electrons. The van der Waals surface area contributed by atoms with Gasteiger partial charge in [-0.3, -0.25) is 14.4 Å². The van der Waals surface area contributed by atoms with E-state index in [9.17, 15) is 14.4 Å². The fourth-order valence-corrected chi connectivity index (χ4v) is 1.20. The standard InChI is InChI=1S/C11H20N2O4/c1-3-8(14)5-6-9(11(12)16)13-10(15)7-17-4-2/h9H,3-7H2,1-2H3,(H2,12,16)(H,13,15)/t9-/m0/s1. The van der Waals surface area contributed by atoms with Gasteiger partial charge in [-0.25, -0.2) is 0 Å². The normalized spacial score (nSPS) is 11.9. The van der Waals surface area contributed by atoms with Crippen molar-refractivity contribution in [1.29, 1.82) is 0 Å². The lowest BCUT2D eigenvalue weighted by molar-refractivity contribution is -0.130. The smallest absolute Gasteiger partial charge is 0.246 e. The van der Waals surface area contributed by atoms with Gasteiger partial charge in [0.2, 0.25) is 11.8 Å². The Hall–Kier alpha value is -1.43. The molecule has 0 heterocycles. The molecule has 0 aliphatic heterocycles. The van der Waals surface area contributed by atoms with E-state index in [-0.39, 0.29) is 25.2 Å². The Bertz CT molecular complexity index is 279. The molecule has 0 unspecified atom stereocenters. The molecule has 0 fully saturated rings. The van der Waals surface area contributed by atoms with Crippen molar-refractivity contribution in [3.05, 3.63) is 0 Å². The summed E-state index contributed by atoms with van der Waals surface area (Å²) in [6.07, 6.45) is 0.886. The zero-order valence-corrected chi connectivity index (χ0v) is 10.3. The van der Waals surface area contributed by atoms with Gasteiger partial charge < -0.3 is 15.8 Å². The van der Waals surface area contributed by atoms with Crippen LogP contribution >= 0.6 is 0 Å². The minimum absolute atomic E-state index is 0.0373. The van der Waals surface area contributed by atoms with E-state index in [1.54, 1.807) is 13.8 Å². The number of primary amides is 1. The Morgan fingerprint density at radius 3 is 2.41 bits per heavy atom. The topological polar surface area (TPSA) is 98.5 Å². The van der Waals surface area contributed by atoms with Gasteiger partial charge in [0.25, 0.3) is 0 Å². The summed E-state index contributed by atoms with van der Waals surface area (Å²) in [7, 11) is 0. The van der Waals surface area contributed by atoms with Crippen molar-refractivity contribution in [2.24, 2.45) is 5.73 Å². The molecular weight excluding hydrogens is 224 g/mol. The van der Waals surface area contributed by atoms with Crippen molar-refractivity contribution in [3.63, 3.8) is 0 Å². The summed E-state index contributed by atoms with van der Waals surface area (Å²) in [4.78, 5) is 33.5. The molecule has 3 N–H and O–H groups in total. The van der Waals surface area contributed by atoms with Crippen molar-refractivity contribution >= 4 is 17.6 Å². The fraction of sp³-hybridized carbons (Fsp3) is 0.727. The quantitative estimate of drug-likeness (QED) is 0.584. The summed E-state index contributed by atoms with van der Waals surface area (Å²) < 4.78 is 4.89. The Labute approximate surface area is 101 Å². The number of hydrogen-bond donors (Lipinski definition) is 2. The van der Waals surface area contributed by atoms with E-state index in [1.165, 1.54) is 0 Å². The zero-order chi connectivity index (χ0) is 13.3. The fourth-order valence-electron chi connectivity index (χ4n) is 1.20. The molecule has 0 bridgehead atoms. The number of rotatable bonds is 9. The summed E-state index contributed by atoms with van der Waals surface area (Å²) in [6.45, 7) is 3.82. The molecule has 0 aliphatic carbocycles. The number of ether oxygens (including phenoxy) is 1. The molecule has 0 spiro atoms. The number of amides is 2. The Kier molecular flexibility index (Phi) is 7.96. The molecule has 0 aromatic heterocycles. The van der Waals surface area contributed by atoms with Gasteiger partial charge in [-0.05, 0) is 13.3 Å². The number of ketones is 1. The third kappa shape index (κ3) is 7.46. The second kappa shape index (κ2) is 8.69. The first kappa shape index (κ1) is 15.6. The van der Waals surface area contributed by atoms with Crippen molar-refractivity contribution in [3.8, 4) is 0 Å². The second-order valence-corrected chi connectivity index (χ2v) is 3.59. The summed E-state index contributed by atoms with van der Waals surface area (Å²) in [5.41, 5.74) is 5.14. The summed E-state index contributed by atoms with van der Waals surface area (Å²) in [5.74, 6) is -1.01. The highest BCUT2D eigenvalue weighted by atomic mass is 16.5. The Balaban J connectivity index is 4.10. The molecule has 6 nitrogen and oxygen atoms in total. The van der Waals surface area contributed by atoms with Gasteiger partial charge in [0, 0.05) is 19.4 Å². The molecule has 1 atom stereocenters. The van der Waals surface area contributed by atoms with Gasteiger partial charge >= 0.3 is 0 Å². The highest BCUT2D eigenvalue weighted by molar-refractivity contribution is 5.87. The van der Waals surface area contributed by atoms with Crippen LogP contribution in [0.15, 0.2) is 0 Å². The van der Waals surface area contributed by atoms with Crippen LogP contribution in [0.2, 0.25) is 0 Å². The van der Waals surface area contributed by atoms with Gasteiger partial charge in [-0.15, -0.1) is 0 Å². The summed E-state index contributed by atoms with van der Waals surface area (Å²) >= 11 is 0. The van der Waals surface area contributed by atoms with Crippen LogP contribution in [0.4, 0.5) is 0 Å². The molecule has 17 heavy (non-hydrogen) atoms. The predicted octanol–water partition coefficient (Wildman–Crippen LogP) is -0.248. The van der Waals surface area contributed by atoms with Crippen LogP contribution in [-0.2, 0) is 19.1 Å². The van der Waals surface area contributed by atoms with Crippen LogP contribution < -0.4 is 11.1 Å². The molecule has 0 aromatic carbocycles. The van der Waals surface area contributed by atoms with Crippen molar-refractivity contribution in [1.82, 2.24) is 5.32 Å². The van der Waals surface area contributed by atoms with Crippen LogP contribution in [0.5, 0.6) is 0 Å². The molecule has 2 amide bonds. The first-order valence-electron chi connectivity index (χ1n) is 5.69. The van der Waals surface area contributed by atoms with E-state index >= 15 is 0 Å². The maximum atomic E-state index is 11.3. The number of carbonyl (C=O) groups is 3. The average molecular weight is 244 g/mol. The number of nitrogens with two attached hydrogens (primary N) is 1. The maximum Gasteiger partial charge on any atom is 0.246 e. The van der Waals surface area contributed by atoms with E-state index < -0.39 is 17.9 Å². The van der Waals surface area contributed by atoms with E-state index in [2.05, 4.69) is 5.32 Å². The van der Waals surface area contributed by atoms with Crippen LogP contribution in [0.1, 0.15) is 33.1 Å². The Morgan fingerprint density at radius 2 is 1.94 bits per heavy atom. The van der Waals surface area contributed by atoms with Crippen molar-refractivity contribution < 1.29 is 19.1 Å². The average Bonchev–Trinajstić information content (AvgIpc) is 2.30. The summed E-state index contributed by atoms with van der Waals surface area (Å²) in [5, 5.41) is 2.44. The van der Waals surface area contributed by atoms with Gasteiger partial charge in [-0.2, -0.15) is 0 Å². The second-order valence-electron chi connectivity index (χ2n) is 3.59. The molecule has 0 saturated carbocycles. The lowest BCUT2D eigenvalue weighted by Gasteiger charge is -2.14. The van der Waals surface area contributed by atoms with Crippen LogP contribution in [0.3, 0.4) is 0 Å². The molecule has 0 aliphatic rings. The minimum Gasteiger partial charge on any atom is -0.372 e. The van der Waals surface area contributed by atoms with Gasteiger partial charge in [0.1, 0.15) is 18.4 Å².